The molecule has 2 nitrogen and oxygen atoms in total. The van der Waals surface area contributed by atoms with Gasteiger partial charge in [0.05, 0.1) is 0 Å². The number of nitrogens with one attached hydrogen (secondary N) is 1. The molecule has 70 valence electrons. The van der Waals surface area contributed by atoms with Crippen molar-refractivity contribution in [2.45, 2.75) is 32.7 Å². The number of ether oxygens (including phenoxy) is 1. The Balaban J connectivity index is 2.09. The SMILES string of the molecule is CC(C)=CCNC1CCOCC1. The predicted octanol–water partition coefficient (Wildman–Crippen LogP) is 1.72. The first kappa shape index (κ1) is 9.75. The molecule has 1 N–H and O–H groups in total. The maximum Gasteiger partial charge on any atom is 0.0480 e. The molecule has 2 heteroatoms. The molecule has 1 rings (SSSR count). The summed E-state index contributed by atoms with van der Waals surface area (Å²) >= 11 is 0. The molecule has 1 fully saturated rings. The van der Waals surface area contributed by atoms with Gasteiger partial charge in [-0.25, -0.2) is 0 Å². The lowest BCUT2D eigenvalue weighted by Crippen LogP contribution is -2.34. The number of hydrogen-bond acceptors (Lipinski definition) is 2. The van der Waals surface area contributed by atoms with Gasteiger partial charge in [-0.1, -0.05) is 11.6 Å². The van der Waals surface area contributed by atoms with Gasteiger partial charge in [0.1, 0.15) is 0 Å². The lowest BCUT2D eigenvalue weighted by molar-refractivity contribution is 0.0789. The Morgan fingerprint density at radius 3 is 2.67 bits per heavy atom. The Bertz CT molecular complexity index is 144. The normalized spacial score (nSPS) is 19.2. The van der Waals surface area contributed by atoms with Crippen molar-refractivity contribution in [3.8, 4) is 0 Å². The van der Waals surface area contributed by atoms with Gasteiger partial charge in [-0.05, 0) is 26.7 Å². The number of rotatable bonds is 3. The molecule has 0 bridgehead atoms. The average molecular weight is 169 g/mol. The Hall–Kier alpha value is -0.340. The van der Waals surface area contributed by atoms with Crippen LogP contribution in [0.3, 0.4) is 0 Å². The van der Waals surface area contributed by atoms with E-state index < -0.39 is 0 Å². The summed E-state index contributed by atoms with van der Waals surface area (Å²) in [5.74, 6) is 0. The summed E-state index contributed by atoms with van der Waals surface area (Å²) in [4.78, 5) is 0. The molecule has 0 spiro atoms. The second-order valence-corrected chi connectivity index (χ2v) is 3.58. The minimum atomic E-state index is 0.675. The van der Waals surface area contributed by atoms with Crippen LogP contribution < -0.4 is 5.32 Å². The molecular formula is C10H19NO. The molecule has 0 aliphatic carbocycles. The van der Waals surface area contributed by atoms with Gasteiger partial charge in [0.2, 0.25) is 0 Å². The quantitative estimate of drug-likeness (QED) is 0.649. The molecule has 0 atom stereocenters. The van der Waals surface area contributed by atoms with Crippen molar-refractivity contribution in [3.05, 3.63) is 11.6 Å². The first-order chi connectivity index (χ1) is 5.79. The van der Waals surface area contributed by atoms with E-state index in [-0.39, 0.29) is 0 Å². The minimum absolute atomic E-state index is 0.675. The van der Waals surface area contributed by atoms with Gasteiger partial charge in [0, 0.05) is 25.8 Å². The smallest absolute Gasteiger partial charge is 0.0480 e. The van der Waals surface area contributed by atoms with E-state index in [4.69, 9.17) is 4.74 Å². The standard InChI is InChI=1S/C10H19NO/c1-9(2)3-6-11-10-4-7-12-8-5-10/h3,10-11H,4-8H2,1-2H3. The molecule has 0 amide bonds. The van der Waals surface area contributed by atoms with Crippen LogP contribution in [0.5, 0.6) is 0 Å². The summed E-state index contributed by atoms with van der Waals surface area (Å²) in [5.41, 5.74) is 1.38. The van der Waals surface area contributed by atoms with Crippen molar-refractivity contribution in [1.29, 1.82) is 0 Å². The zero-order valence-corrected chi connectivity index (χ0v) is 8.10. The van der Waals surface area contributed by atoms with E-state index in [1.807, 2.05) is 0 Å². The van der Waals surface area contributed by atoms with Crippen molar-refractivity contribution in [2.75, 3.05) is 19.8 Å². The topological polar surface area (TPSA) is 21.3 Å². The first-order valence-corrected chi connectivity index (χ1v) is 4.73. The number of hydrogen-bond donors (Lipinski definition) is 1. The lowest BCUT2D eigenvalue weighted by Gasteiger charge is -2.22. The van der Waals surface area contributed by atoms with Crippen molar-refractivity contribution < 1.29 is 4.74 Å². The minimum Gasteiger partial charge on any atom is -0.381 e. The maximum atomic E-state index is 5.27. The van der Waals surface area contributed by atoms with Crippen LogP contribution in [0, 0.1) is 0 Å². The Morgan fingerprint density at radius 1 is 1.42 bits per heavy atom. The van der Waals surface area contributed by atoms with Crippen molar-refractivity contribution in [2.24, 2.45) is 0 Å². The second kappa shape index (κ2) is 5.33. The molecule has 0 radical (unpaired) electrons. The Kier molecular flexibility index (Phi) is 4.33. The van der Waals surface area contributed by atoms with Gasteiger partial charge in [-0.2, -0.15) is 0 Å². The van der Waals surface area contributed by atoms with E-state index >= 15 is 0 Å². The fraction of sp³-hybridized carbons (Fsp3) is 0.800. The van der Waals surface area contributed by atoms with E-state index in [9.17, 15) is 0 Å². The van der Waals surface area contributed by atoms with Crippen LogP contribution >= 0.6 is 0 Å². The van der Waals surface area contributed by atoms with E-state index in [0.717, 1.165) is 32.6 Å². The summed E-state index contributed by atoms with van der Waals surface area (Å²) in [6.45, 7) is 7.11. The maximum absolute atomic E-state index is 5.27. The summed E-state index contributed by atoms with van der Waals surface area (Å²) in [5, 5.41) is 3.50. The molecule has 0 aromatic carbocycles. The van der Waals surface area contributed by atoms with Crippen LogP contribution in [0.2, 0.25) is 0 Å². The highest BCUT2D eigenvalue weighted by Gasteiger charge is 2.11. The predicted molar refractivity (Wildman–Crippen MR) is 51.3 cm³/mol. The summed E-state index contributed by atoms with van der Waals surface area (Å²) in [6.07, 6.45) is 4.56. The molecule has 1 aliphatic rings. The third kappa shape index (κ3) is 3.88. The lowest BCUT2D eigenvalue weighted by atomic mass is 10.1. The fourth-order valence-corrected chi connectivity index (χ4v) is 1.33. The van der Waals surface area contributed by atoms with Crippen LogP contribution in [0.4, 0.5) is 0 Å². The molecule has 0 aromatic heterocycles. The zero-order valence-electron chi connectivity index (χ0n) is 8.10. The largest absolute Gasteiger partial charge is 0.381 e. The summed E-state index contributed by atoms with van der Waals surface area (Å²) in [6, 6.07) is 0.675. The third-order valence-corrected chi connectivity index (χ3v) is 2.14. The second-order valence-electron chi connectivity index (χ2n) is 3.58. The van der Waals surface area contributed by atoms with Gasteiger partial charge in [-0.3, -0.25) is 0 Å². The third-order valence-electron chi connectivity index (χ3n) is 2.14. The summed E-state index contributed by atoms with van der Waals surface area (Å²) < 4.78 is 5.27. The van der Waals surface area contributed by atoms with Crippen LogP contribution in [-0.2, 0) is 4.74 Å². The molecule has 0 aromatic rings. The monoisotopic (exact) mass is 169 g/mol. The van der Waals surface area contributed by atoms with Crippen LogP contribution in [-0.4, -0.2) is 25.8 Å². The van der Waals surface area contributed by atoms with Crippen molar-refractivity contribution in [1.82, 2.24) is 5.32 Å². The molecular weight excluding hydrogens is 150 g/mol. The van der Waals surface area contributed by atoms with E-state index in [0.29, 0.717) is 6.04 Å². The highest BCUT2D eigenvalue weighted by Crippen LogP contribution is 2.05. The van der Waals surface area contributed by atoms with Crippen LogP contribution in [0.25, 0.3) is 0 Å². The van der Waals surface area contributed by atoms with Crippen molar-refractivity contribution in [3.63, 3.8) is 0 Å². The Morgan fingerprint density at radius 2 is 2.08 bits per heavy atom. The number of allylic oxidation sites excluding steroid dienone is 1. The fourth-order valence-electron chi connectivity index (χ4n) is 1.33. The van der Waals surface area contributed by atoms with Crippen LogP contribution in [0.1, 0.15) is 26.7 Å². The van der Waals surface area contributed by atoms with E-state index in [2.05, 4.69) is 25.2 Å². The molecule has 12 heavy (non-hydrogen) atoms. The molecule has 1 aliphatic heterocycles. The molecule has 0 saturated carbocycles. The van der Waals surface area contributed by atoms with Crippen molar-refractivity contribution >= 4 is 0 Å². The molecule has 1 heterocycles. The first-order valence-electron chi connectivity index (χ1n) is 4.73. The highest BCUT2D eigenvalue weighted by molar-refractivity contribution is 4.94. The van der Waals surface area contributed by atoms with Gasteiger partial charge in [-0.15, -0.1) is 0 Å². The summed E-state index contributed by atoms with van der Waals surface area (Å²) in [7, 11) is 0. The van der Waals surface area contributed by atoms with Gasteiger partial charge >= 0.3 is 0 Å². The van der Waals surface area contributed by atoms with Gasteiger partial charge in [0.15, 0.2) is 0 Å². The van der Waals surface area contributed by atoms with Gasteiger partial charge in [0.25, 0.3) is 0 Å². The van der Waals surface area contributed by atoms with Gasteiger partial charge < -0.3 is 10.1 Å². The van der Waals surface area contributed by atoms with E-state index in [1.54, 1.807) is 0 Å². The highest BCUT2D eigenvalue weighted by atomic mass is 16.5. The average Bonchev–Trinajstić information content (AvgIpc) is 2.05. The zero-order chi connectivity index (χ0) is 8.81. The Labute approximate surface area is 75.0 Å². The molecule has 1 saturated heterocycles. The molecule has 0 unspecified atom stereocenters. The van der Waals surface area contributed by atoms with E-state index in [1.165, 1.54) is 5.57 Å². The van der Waals surface area contributed by atoms with Crippen LogP contribution in [0.15, 0.2) is 11.6 Å².